The molecule has 1 aliphatic rings. The zero-order valence-corrected chi connectivity index (χ0v) is 15.5. The highest BCUT2D eigenvalue weighted by Crippen LogP contribution is 2.32. The molecule has 0 bridgehead atoms. The third-order valence-corrected chi connectivity index (χ3v) is 5.04. The van der Waals surface area contributed by atoms with Crippen LogP contribution in [0.1, 0.15) is 17.5 Å². The van der Waals surface area contributed by atoms with Gasteiger partial charge in [0, 0.05) is 28.7 Å². The number of amides is 2. The van der Waals surface area contributed by atoms with Gasteiger partial charge in [0.15, 0.2) is 0 Å². The Kier molecular flexibility index (Phi) is 5.05. The van der Waals surface area contributed by atoms with Crippen molar-refractivity contribution in [2.45, 2.75) is 13.3 Å². The van der Waals surface area contributed by atoms with Gasteiger partial charge in [-0.25, -0.2) is 4.39 Å². The Bertz CT molecular complexity index is 939. The van der Waals surface area contributed by atoms with Gasteiger partial charge in [-0.3, -0.25) is 9.59 Å². The smallest absolute Gasteiger partial charge is 0.229 e. The molecule has 0 radical (unpaired) electrons. The lowest BCUT2D eigenvalue weighted by Crippen LogP contribution is -2.28. The Morgan fingerprint density at radius 3 is 2.81 bits per heavy atom. The number of nitrogens with zero attached hydrogens (tertiary/aromatic N) is 2. The number of para-hydroxylation sites is 1. The summed E-state index contributed by atoms with van der Waals surface area (Å²) in [7, 11) is 0. The molecule has 5 nitrogen and oxygen atoms in total. The monoisotopic (exact) mass is 415 g/mol. The second kappa shape index (κ2) is 7.26. The molecule has 1 fully saturated rings. The van der Waals surface area contributed by atoms with Crippen LogP contribution in [0.2, 0.25) is 0 Å². The Hall–Kier alpha value is -2.72. The van der Waals surface area contributed by atoms with Crippen molar-refractivity contribution in [2.24, 2.45) is 5.92 Å². The molecule has 7 heteroatoms. The molecule has 0 saturated carbocycles. The second-order valence-electron chi connectivity index (χ2n) is 6.09. The van der Waals surface area contributed by atoms with E-state index < -0.39 is 11.7 Å². The summed E-state index contributed by atoms with van der Waals surface area (Å²) in [5.74, 6) is -1.63. The van der Waals surface area contributed by atoms with Gasteiger partial charge >= 0.3 is 0 Å². The maximum atomic E-state index is 13.9. The van der Waals surface area contributed by atoms with Gasteiger partial charge in [0.1, 0.15) is 5.82 Å². The highest BCUT2D eigenvalue weighted by atomic mass is 79.9. The van der Waals surface area contributed by atoms with Crippen molar-refractivity contribution in [1.82, 2.24) is 0 Å². The molecule has 0 spiro atoms. The zero-order chi connectivity index (χ0) is 18.8. The molecule has 1 saturated heterocycles. The van der Waals surface area contributed by atoms with Gasteiger partial charge in [0.2, 0.25) is 11.8 Å². The summed E-state index contributed by atoms with van der Waals surface area (Å²) in [6.07, 6.45) is 0.0760. The summed E-state index contributed by atoms with van der Waals surface area (Å²) >= 11 is 3.41. The van der Waals surface area contributed by atoms with E-state index in [-0.39, 0.29) is 41.6 Å². The van der Waals surface area contributed by atoms with E-state index in [1.54, 1.807) is 11.0 Å². The molecule has 2 amide bonds. The number of nitrogens with one attached hydrogen (secondary N) is 1. The van der Waals surface area contributed by atoms with Crippen LogP contribution in [0.5, 0.6) is 0 Å². The average Bonchev–Trinajstić information content (AvgIpc) is 3.00. The van der Waals surface area contributed by atoms with Crippen LogP contribution in [0, 0.1) is 30.0 Å². The molecule has 1 aliphatic heterocycles. The van der Waals surface area contributed by atoms with Gasteiger partial charge < -0.3 is 10.2 Å². The van der Waals surface area contributed by atoms with Gasteiger partial charge in [0.05, 0.1) is 23.2 Å². The van der Waals surface area contributed by atoms with E-state index in [2.05, 4.69) is 21.2 Å². The Balaban J connectivity index is 1.78. The van der Waals surface area contributed by atoms with Crippen LogP contribution in [0.15, 0.2) is 40.9 Å². The third-order valence-electron chi connectivity index (χ3n) is 4.37. The largest absolute Gasteiger partial charge is 0.325 e. The van der Waals surface area contributed by atoms with Crippen LogP contribution in [-0.4, -0.2) is 18.4 Å². The first kappa shape index (κ1) is 18.1. The Labute approximate surface area is 158 Å². The highest BCUT2D eigenvalue weighted by Gasteiger charge is 2.36. The first-order valence-corrected chi connectivity index (χ1v) is 8.76. The number of carbonyl (C=O) groups excluding carboxylic acids is 2. The molecule has 0 aliphatic carbocycles. The fraction of sp³-hybridized carbons (Fsp3) is 0.211. The summed E-state index contributed by atoms with van der Waals surface area (Å²) < 4.78 is 14.6. The molecule has 1 atom stereocenters. The normalized spacial score (nSPS) is 16.5. The van der Waals surface area contributed by atoms with E-state index in [9.17, 15) is 14.0 Å². The van der Waals surface area contributed by atoms with Gasteiger partial charge in [-0.15, -0.1) is 0 Å². The van der Waals surface area contributed by atoms with Crippen LogP contribution in [0.4, 0.5) is 15.8 Å². The van der Waals surface area contributed by atoms with Crippen molar-refractivity contribution >= 4 is 39.1 Å². The van der Waals surface area contributed by atoms with Crippen molar-refractivity contribution in [1.29, 1.82) is 5.26 Å². The fourth-order valence-electron chi connectivity index (χ4n) is 2.89. The molecule has 0 unspecified atom stereocenters. The van der Waals surface area contributed by atoms with Gasteiger partial charge in [0.25, 0.3) is 0 Å². The van der Waals surface area contributed by atoms with E-state index >= 15 is 0 Å². The molecule has 2 aromatic carbocycles. The van der Waals surface area contributed by atoms with E-state index in [4.69, 9.17) is 5.26 Å². The molecule has 0 aromatic heterocycles. The van der Waals surface area contributed by atoms with Crippen molar-refractivity contribution < 1.29 is 14.0 Å². The van der Waals surface area contributed by atoms with Crippen LogP contribution >= 0.6 is 15.9 Å². The maximum Gasteiger partial charge on any atom is 0.229 e. The van der Waals surface area contributed by atoms with Crippen molar-refractivity contribution in [3.63, 3.8) is 0 Å². The summed E-state index contributed by atoms with van der Waals surface area (Å²) in [6, 6.07) is 11.7. The summed E-state index contributed by atoms with van der Waals surface area (Å²) in [6.45, 7) is 1.77. The predicted molar refractivity (Wildman–Crippen MR) is 99.1 cm³/mol. The number of anilines is 2. The van der Waals surface area contributed by atoms with E-state index in [1.165, 1.54) is 13.0 Å². The van der Waals surface area contributed by atoms with E-state index in [0.29, 0.717) is 5.69 Å². The summed E-state index contributed by atoms with van der Waals surface area (Å²) in [4.78, 5) is 26.5. The average molecular weight is 416 g/mol. The first-order chi connectivity index (χ1) is 12.4. The third kappa shape index (κ3) is 3.46. The molecular weight excluding hydrogens is 401 g/mol. The topological polar surface area (TPSA) is 73.2 Å². The maximum absolute atomic E-state index is 13.9. The minimum absolute atomic E-state index is 0.0760. The fourth-order valence-corrected chi connectivity index (χ4v) is 3.39. The Morgan fingerprint density at radius 1 is 1.38 bits per heavy atom. The van der Waals surface area contributed by atoms with Crippen LogP contribution in [0.25, 0.3) is 0 Å². The molecule has 132 valence electrons. The standard InChI is InChI=1S/C19H15BrFN3O2/c1-11-15(21)6-12(9-22)7-16(11)23-19(26)13-8-18(25)24(10-13)17-5-3-2-4-14(17)20/h2-7,13H,8,10H2,1H3,(H,23,26)/t13-/m1/s1. The van der Waals surface area contributed by atoms with E-state index in [1.807, 2.05) is 24.3 Å². The number of hydrogen-bond acceptors (Lipinski definition) is 3. The van der Waals surface area contributed by atoms with Crippen molar-refractivity contribution in [2.75, 3.05) is 16.8 Å². The molecule has 2 aromatic rings. The van der Waals surface area contributed by atoms with Crippen LogP contribution in [-0.2, 0) is 9.59 Å². The molecule has 26 heavy (non-hydrogen) atoms. The minimum Gasteiger partial charge on any atom is -0.325 e. The molecule has 3 rings (SSSR count). The van der Waals surface area contributed by atoms with Crippen LogP contribution < -0.4 is 10.2 Å². The Morgan fingerprint density at radius 2 is 2.12 bits per heavy atom. The number of rotatable bonds is 3. The number of halogens is 2. The van der Waals surface area contributed by atoms with Gasteiger partial charge in [-0.05, 0) is 47.1 Å². The molecule has 1 heterocycles. The second-order valence-corrected chi connectivity index (χ2v) is 6.94. The lowest BCUT2D eigenvalue weighted by molar-refractivity contribution is -0.122. The number of benzene rings is 2. The lowest BCUT2D eigenvalue weighted by atomic mass is 10.1. The predicted octanol–water partition coefficient (Wildman–Crippen LogP) is 3.76. The summed E-state index contributed by atoms with van der Waals surface area (Å²) in [5, 5.41) is 11.6. The number of carbonyl (C=O) groups is 2. The highest BCUT2D eigenvalue weighted by molar-refractivity contribution is 9.10. The first-order valence-electron chi connectivity index (χ1n) is 7.96. The number of nitriles is 1. The van der Waals surface area contributed by atoms with E-state index in [0.717, 1.165) is 10.5 Å². The SMILES string of the molecule is Cc1c(F)cc(C#N)cc1NC(=O)[C@@H]1CC(=O)N(c2ccccc2Br)C1. The van der Waals surface area contributed by atoms with Gasteiger partial charge in [-0.1, -0.05) is 12.1 Å². The van der Waals surface area contributed by atoms with Crippen molar-refractivity contribution in [3.8, 4) is 6.07 Å². The molecule has 1 N–H and O–H groups in total. The van der Waals surface area contributed by atoms with Crippen LogP contribution in [0.3, 0.4) is 0 Å². The summed E-state index contributed by atoms with van der Waals surface area (Å²) in [5.41, 5.74) is 1.34. The molecular formula is C19H15BrFN3O2. The quantitative estimate of drug-likeness (QED) is 0.828. The van der Waals surface area contributed by atoms with Gasteiger partial charge in [-0.2, -0.15) is 5.26 Å². The minimum atomic E-state index is -0.559. The van der Waals surface area contributed by atoms with Crippen molar-refractivity contribution in [3.05, 3.63) is 57.8 Å². The lowest BCUT2D eigenvalue weighted by Gasteiger charge is -2.18. The number of hydrogen-bond donors (Lipinski definition) is 1. The zero-order valence-electron chi connectivity index (χ0n) is 13.9.